The smallest absolute Gasteiger partial charge is 0.172 e. The van der Waals surface area contributed by atoms with Gasteiger partial charge in [0, 0.05) is 32.7 Å². The molecule has 0 saturated heterocycles. The molecular weight excluding hydrogens is 306 g/mol. The summed E-state index contributed by atoms with van der Waals surface area (Å²) in [5, 5.41) is 6.07. The monoisotopic (exact) mass is 321 g/mol. The van der Waals surface area contributed by atoms with Gasteiger partial charge in [0.15, 0.2) is 17.3 Å². The van der Waals surface area contributed by atoms with Gasteiger partial charge in [0.05, 0.1) is 11.9 Å². The van der Waals surface area contributed by atoms with Crippen LogP contribution in [0.3, 0.4) is 0 Å². The van der Waals surface area contributed by atoms with Gasteiger partial charge in [-0.25, -0.2) is 15.0 Å². The summed E-state index contributed by atoms with van der Waals surface area (Å²) in [4.78, 5) is 12.4. The third kappa shape index (κ3) is 2.96. The van der Waals surface area contributed by atoms with Crippen LogP contribution in [-0.2, 0) is 0 Å². The zero-order chi connectivity index (χ0) is 16.1. The average molecular weight is 322 g/mol. The molecule has 0 amide bonds. The predicted octanol–water partition coefficient (Wildman–Crippen LogP) is 1.53. The van der Waals surface area contributed by atoms with Crippen LogP contribution in [0.1, 0.15) is 5.69 Å². The van der Waals surface area contributed by atoms with Gasteiger partial charge in [0.1, 0.15) is 16.5 Å². The summed E-state index contributed by atoms with van der Waals surface area (Å²) < 4.78 is 5.72. The zero-order valence-corrected chi connectivity index (χ0v) is 12.8. The second kappa shape index (κ2) is 6.81. The van der Waals surface area contributed by atoms with Gasteiger partial charge in [-0.05, 0) is 0 Å². The molecule has 0 aliphatic carbocycles. The lowest BCUT2D eigenvalue weighted by Crippen LogP contribution is -2.07. The maximum atomic E-state index is 6.25. The minimum Gasteiger partial charge on any atom is -0.450 e. The van der Waals surface area contributed by atoms with Gasteiger partial charge in [-0.15, -0.1) is 0 Å². The van der Waals surface area contributed by atoms with E-state index < -0.39 is 0 Å². The van der Waals surface area contributed by atoms with Crippen LogP contribution in [0.5, 0.6) is 5.75 Å². The fourth-order valence-electron chi connectivity index (χ4n) is 1.78. The molecular formula is C13H16ClN7O. The third-order valence-corrected chi connectivity index (χ3v) is 3.18. The molecule has 22 heavy (non-hydrogen) atoms. The van der Waals surface area contributed by atoms with Crippen molar-refractivity contribution in [1.82, 2.24) is 15.0 Å². The van der Waals surface area contributed by atoms with Crippen LogP contribution < -0.4 is 26.8 Å². The van der Waals surface area contributed by atoms with Crippen molar-refractivity contribution in [3.05, 3.63) is 35.5 Å². The summed E-state index contributed by atoms with van der Waals surface area (Å²) in [6, 6.07) is 0. The van der Waals surface area contributed by atoms with E-state index in [2.05, 4.69) is 25.6 Å². The molecule has 0 aromatic carbocycles. The minimum absolute atomic E-state index is 0.272. The first-order valence-electron chi connectivity index (χ1n) is 6.33. The van der Waals surface area contributed by atoms with E-state index in [0.717, 1.165) is 0 Å². The molecule has 8 nitrogen and oxygen atoms in total. The van der Waals surface area contributed by atoms with Crippen molar-refractivity contribution in [2.75, 3.05) is 30.5 Å². The molecule has 2 rings (SSSR count). The van der Waals surface area contributed by atoms with Crippen LogP contribution in [-0.4, -0.2) is 29.0 Å². The van der Waals surface area contributed by atoms with Gasteiger partial charge >= 0.3 is 0 Å². The van der Waals surface area contributed by atoms with E-state index in [0.29, 0.717) is 28.0 Å². The highest BCUT2D eigenvalue weighted by molar-refractivity contribution is 6.35. The molecule has 2 aromatic rings. The highest BCUT2D eigenvalue weighted by Crippen LogP contribution is 2.36. The van der Waals surface area contributed by atoms with Crippen molar-refractivity contribution in [2.24, 2.45) is 5.73 Å². The van der Waals surface area contributed by atoms with E-state index >= 15 is 0 Å². The maximum Gasteiger partial charge on any atom is 0.172 e. The van der Waals surface area contributed by atoms with Gasteiger partial charge in [0.2, 0.25) is 0 Å². The average Bonchev–Trinajstić information content (AvgIpc) is 2.55. The second-order valence-electron chi connectivity index (χ2n) is 4.08. The van der Waals surface area contributed by atoms with Crippen molar-refractivity contribution < 1.29 is 4.74 Å². The van der Waals surface area contributed by atoms with Gasteiger partial charge < -0.3 is 26.8 Å². The number of nitrogens with one attached hydrogen (secondary N) is 2. The van der Waals surface area contributed by atoms with Crippen molar-refractivity contribution in [1.29, 1.82) is 0 Å². The van der Waals surface area contributed by atoms with Crippen LogP contribution in [0.15, 0.2) is 24.8 Å². The topological polar surface area (TPSA) is 124 Å². The zero-order valence-electron chi connectivity index (χ0n) is 12.1. The van der Waals surface area contributed by atoms with Crippen LogP contribution in [0.25, 0.3) is 5.76 Å². The number of halogens is 1. The van der Waals surface area contributed by atoms with Crippen LogP contribution in [0.2, 0.25) is 5.02 Å². The Bertz CT molecular complexity index is 705. The van der Waals surface area contributed by atoms with E-state index in [9.17, 15) is 0 Å². The van der Waals surface area contributed by atoms with Crippen molar-refractivity contribution >= 4 is 34.7 Å². The molecule has 9 heteroatoms. The second-order valence-corrected chi connectivity index (χ2v) is 4.46. The van der Waals surface area contributed by atoms with Crippen LogP contribution in [0.4, 0.5) is 17.3 Å². The summed E-state index contributed by atoms with van der Waals surface area (Å²) in [7, 11) is 3.41. The first-order chi connectivity index (χ1) is 10.6. The minimum atomic E-state index is 0.272. The molecule has 0 aliphatic heterocycles. The first kappa shape index (κ1) is 15.6. The number of nitrogen functional groups attached to an aromatic ring is 1. The van der Waals surface area contributed by atoms with Gasteiger partial charge in [-0.3, -0.25) is 0 Å². The van der Waals surface area contributed by atoms with E-state index in [-0.39, 0.29) is 11.6 Å². The Hall–Kier alpha value is -2.74. The standard InChI is InChI=1S/C13H16ClN7O/c1-17-11-9(14)8(6-21-12(11)16)22-7(5-15)10-13(18-2)20-4-3-19-10/h3-6,17H,15H2,1-2H3,(H2,16,21)(H,18,20)/b7-5+. The molecule has 0 saturated carbocycles. The Morgan fingerprint density at radius 3 is 2.59 bits per heavy atom. The van der Waals surface area contributed by atoms with Crippen LogP contribution >= 0.6 is 11.6 Å². The summed E-state index contributed by atoms with van der Waals surface area (Å²) in [5.74, 6) is 1.37. The molecule has 0 unspecified atom stereocenters. The molecule has 0 aliphatic rings. The Labute approximate surface area is 132 Å². The molecule has 6 N–H and O–H groups in total. The van der Waals surface area contributed by atoms with Crippen molar-refractivity contribution in [2.45, 2.75) is 0 Å². The van der Waals surface area contributed by atoms with E-state index in [1.165, 1.54) is 18.6 Å². The molecule has 0 radical (unpaired) electrons. The number of nitrogens with zero attached hydrogens (tertiary/aromatic N) is 3. The Morgan fingerprint density at radius 1 is 1.23 bits per heavy atom. The summed E-state index contributed by atoms with van der Waals surface area (Å²) >= 11 is 6.25. The molecule has 2 heterocycles. The Morgan fingerprint density at radius 2 is 1.95 bits per heavy atom. The Kier molecular flexibility index (Phi) is 4.84. The molecule has 116 valence electrons. The predicted molar refractivity (Wildman–Crippen MR) is 87.6 cm³/mol. The largest absolute Gasteiger partial charge is 0.450 e. The summed E-state index contributed by atoms with van der Waals surface area (Å²) in [6.07, 6.45) is 5.78. The molecule has 0 spiro atoms. The Balaban J connectivity index is 2.40. The number of rotatable bonds is 5. The summed E-state index contributed by atoms with van der Waals surface area (Å²) in [6.45, 7) is 0. The first-order valence-corrected chi connectivity index (χ1v) is 6.70. The van der Waals surface area contributed by atoms with Crippen molar-refractivity contribution in [3.8, 4) is 5.75 Å². The van der Waals surface area contributed by atoms with Crippen LogP contribution in [0, 0.1) is 0 Å². The van der Waals surface area contributed by atoms with Crippen molar-refractivity contribution in [3.63, 3.8) is 0 Å². The quantitative estimate of drug-likeness (QED) is 0.611. The normalized spacial score (nSPS) is 11.1. The lowest BCUT2D eigenvalue weighted by molar-refractivity contribution is 0.509. The summed E-state index contributed by atoms with van der Waals surface area (Å²) in [5.41, 5.74) is 12.3. The fourth-order valence-corrected chi connectivity index (χ4v) is 2.05. The number of nitrogens with two attached hydrogens (primary N) is 2. The molecule has 2 aromatic heterocycles. The van der Waals surface area contributed by atoms with Gasteiger partial charge in [0.25, 0.3) is 0 Å². The lowest BCUT2D eigenvalue weighted by atomic mass is 10.3. The number of aromatic nitrogens is 3. The number of hydrogen-bond donors (Lipinski definition) is 4. The number of anilines is 3. The maximum absolute atomic E-state index is 6.25. The SMILES string of the molecule is CNc1nccnc1/C(=C\N)Oc1cnc(N)c(NC)c1Cl. The number of hydrogen-bond acceptors (Lipinski definition) is 8. The molecule has 0 atom stereocenters. The molecule has 0 bridgehead atoms. The highest BCUT2D eigenvalue weighted by Gasteiger charge is 2.16. The fraction of sp³-hybridized carbons (Fsp3) is 0.154. The lowest BCUT2D eigenvalue weighted by Gasteiger charge is -2.14. The number of pyridine rings is 1. The number of ether oxygens (including phenoxy) is 1. The molecule has 0 fully saturated rings. The van der Waals surface area contributed by atoms with Gasteiger partial charge in [-0.1, -0.05) is 11.6 Å². The van der Waals surface area contributed by atoms with E-state index in [1.54, 1.807) is 20.3 Å². The van der Waals surface area contributed by atoms with E-state index in [1.807, 2.05) is 0 Å². The third-order valence-electron chi connectivity index (χ3n) is 2.80. The highest BCUT2D eigenvalue weighted by atomic mass is 35.5. The van der Waals surface area contributed by atoms with E-state index in [4.69, 9.17) is 27.8 Å². The van der Waals surface area contributed by atoms with Gasteiger partial charge in [-0.2, -0.15) is 0 Å².